The van der Waals surface area contributed by atoms with Crippen molar-refractivity contribution in [3.63, 3.8) is 0 Å². The first-order chi connectivity index (χ1) is 9.47. The maximum absolute atomic E-state index is 12.9. The summed E-state index contributed by atoms with van der Waals surface area (Å²) < 4.78 is 44.0. The molecule has 1 saturated heterocycles. The number of nitrogens with zero attached hydrogens (tertiary/aromatic N) is 1. The van der Waals surface area contributed by atoms with Gasteiger partial charge in [0.2, 0.25) is 0 Å². The Morgan fingerprint density at radius 3 is 2.30 bits per heavy atom. The Balaban J connectivity index is 0.000000956. The SMILES string of the molecule is CC.Cc1ccc(CN2CCOCC2)c(C(F)(F)F)c1. The Labute approximate surface area is 118 Å². The number of rotatable bonds is 2. The zero-order valence-corrected chi connectivity index (χ0v) is 12.3. The Kier molecular flexibility index (Phi) is 6.49. The van der Waals surface area contributed by atoms with Gasteiger partial charge in [0, 0.05) is 19.6 Å². The highest BCUT2D eigenvalue weighted by Gasteiger charge is 2.33. The summed E-state index contributed by atoms with van der Waals surface area (Å²) in [7, 11) is 0. The van der Waals surface area contributed by atoms with E-state index in [0.29, 0.717) is 44.0 Å². The summed E-state index contributed by atoms with van der Waals surface area (Å²) in [4.78, 5) is 1.99. The first kappa shape index (κ1) is 17.0. The van der Waals surface area contributed by atoms with Crippen molar-refractivity contribution in [2.24, 2.45) is 0 Å². The first-order valence-electron chi connectivity index (χ1n) is 6.93. The van der Waals surface area contributed by atoms with Crippen LogP contribution in [0.2, 0.25) is 0 Å². The number of alkyl halides is 3. The van der Waals surface area contributed by atoms with E-state index in [-0.39, 0.29) is 0 Å². The predicted molar refractivity (Wildman–Crippen MR) is 73.6 cm³/mol. The number of benzene rings is 1. The number of hydrogen-bond donors (Lipinski definition) is 0. The summed E-state index contributed by atoms with van der Waals surface area (Å²) in [5, 5.41) is 0. The molecule has 0 N–H and O–H groups in total. The van der Waals surface area contributed by atoms with Crippen molar-refractivity contribution >= 4 is 0 Å². The van der Waals surface area contributed by atoms with E-state index in [1.54, 1.807) is 19.1 Å². The van der Waals surface area contributed by atoms with Crippen LogP contribution >= 0.6 is 0 Å². The molecular weight excluding hydrogens is 267 g/mol. The van der Waals surface area contributed by atoms with E-state index in [1.807, 2.05) is 18.7 Å². The molecular formula is C15H22F3NO. The topological polar surface area (TPSA) is 12.5 Å². The van der Waals surface area contributed by atoms with Gasteiger partial charge < -0.3 is 4.74 Å². The molecule has 2 rings (SSSR count). The minimum Gasteiger partial charge on any atom is -0.379 e. The summed E-state index contributed by atoms with van der Waals surface area (Å²) in [5.74, 6) is 0. The fraction of sp³-hybridized carbons (Fsp3) is 0.600. The van der Waals surface area contributed by atoms with Crippen LogP contribution in [-0.2, 0) is 17.5 Å². The van der Waals surface area contributed by atoms with Crippen molar-refractivity contribution in [2.75, 3.05) is 26.3 Å². The zero-order chi connectivity index (χ0) is 15.2. The van der Waals surface area contributed by atoms with Crippen LogP contribution in [-0.4, -0.2) is 31.2 Å². The Bertz CT molecular complexity index is 412. The van der Waals surface area contributed by atoms with E-state index in [0.717, 1.165) is 0 Å². The Morgan fingerprint density at radius 2 is 1.75 bits per heavy atom. The molecule has 0 bridgehead atoms. The van der Waals surface area contributed by atoms with Gasteiger partial charge in [-0.1, -0.05) is 31.5 Å². The van der Waals surface area contributed by atoms with Crippen LogP contribution in [0.5, 0.6) is 0 Å². The fourth-order valence-electron chi connectivity index (χ4n) is 2.09. The Morgan fingerprint density at radius 1 is 1.15 bits per heavy atom. The number of halogens is 3. The third kappa shape index (κ3) is 4.80. The second-order valence-electron chi connectivity index (χ2n) is 4.55. The summed E-state index contributed by atoms with van der Waals surface area (Å²) in [6.07, 6.45) is -4.28. The van der Waals surface area contributed by atoms with Crippen molar-refractivity contribution in [3.05, 3.63) is 34.9 Å². The lowest BCUT2D eigenvalue weighted by Crippen LogP contribution is -2.36. The van der Waals surface area contributed by atoms with E-state index >= 15 is 0 Å². The molecule has 0 unspecified atom stereocenters. The molecule has 0 amide bonds. The maximum Gasteiger partial charge on any atom is 0.416 e. The molecule has 1 heterocycles. The van der Waals surface area contributed by atoms with Gasteiger partial charge in [0.25, 0.3) is 0 Å². The first-order valence-corrected chi connectivity index (χ1v) is 6.93. The van der Waals surface area contributed by atoms with Gasteiger partial charge in [-0.25, -0.2) is 0 Å². The molecule has 1 fully saturated rings. The zero-order valence-electron chi connectivity index (χ0n) is 12.3. The van der Waals surface area contributed by atoms with Crippen molar-refractivity contribution in [3.8, 4) is 0 Å². The lowest BCUT2D eigenvalue weighted by atomic mass is 10.0. The standard InChI is InChI=1S/C13H16F3NO.C2H6/c1-10-2-3-11(12(8-10)13(14,15)16)9-17-4-6-18-7-5-17;1-2/h2-3,8H,4-7,9H2,1H3;1-2H3. The molecule has 0 spiro atoms. The molecule has 0 radical (unpaired) electrons. The lowest BCUT2D eigenvalue weighted by molar-refractivity contribution is -0.138. The molecule has 5 heteroatoms. The number of aryl methyl sites for hydroxylation is 1. The number of hydrogen-bond acceptors (Lipinski definition) is 2. The molecule has 1 aliphatic rings. The highest BCUT2D eigenvalue weighted by atomic mass is 19.4. The maximum atomic E-state index is 12.9. The summed E-state index contributed by atoms with van der Waals surface area (Å²) in [6.45, 7) is 8.56. The van der Waals surface area contributed by atoms with Crippen molar-refractivity contribution in [1.29, 1.82) is 0 Å². The van der Waals surface area contributed by atoms with Crippen LogP contribution in [0.15, 0.2) is 18.2 Å². The molecule has 114 valence electrons. The van der Waals surface area contributed by atoms with Gasteiger partial charge in [-0.2, -0.15) is 13.2 Å². The van der Waals surface area contributed by atoms with Crippen LogP contribution in [0.3, 0.4) is 0 Å². The molecule has 0 atom stereocenters. The van der Waals surface area contributed by atoms with Gasteiger partial charge in [-0.05, 0) is 18.6 Å². The summed E-state index contributed by atoms with van der Waals surface area (Å²) >= 11 is 0. The Hall–Kier alpha value is -1.07. The van der Waals surface area contributed by atoms with Crippen molar-refractivity contribution in [2.45, 2.75) is 33.5 Å². The van der Waals surface area contributed by atoms with Gasteiger partial charge in [-0.3, -0.25) is 4.90 Å². The molecule has 0 saturated carbocycles. The molecule has 0 aliphatic carbocycles. The second-order valence-corrected chi connectivity index (χ2v) is 4.55. The molecule has 1 aliphatic heterocycles. The second kappa shape index (κ2) is 7.64. The summed E-state index contributed by atoms with van der Waals surface area (Å²) in [6, 6.07) is 4.52. The third-order valence-corrected chi connectivity index (χ3v) is 3.07. The van der Waals surface area contributed by atoms with E-state index < -0.39 is 11.7 Å². The largest absolute Gasteiger partial charge is 0.416 e. The van der Waals surface area contributed by atoms with E-state index in [1.165, 1.54) is 6.07 Å². The molecule has 2 nitrogen and oxygen atoms in total. The van der Waals surface area contributed by atoms with Crippen LogP contribution < -0.4 is 0 Å². The minimum atomic E-state index is -4.28. The van der Waals surface area contributed by atoms with Gasteiger partial charge in [-0.15, -0.1) is 0 Å². The molecule has 20 heavy (non-hydrogen) atoms. The normalized spacial score (nSPS) is 16.5. The lowest BCUT2D eigenvalue weighted by Gasteiger charge is -2.27. The highest BCUT2D eigenvalue weighted by molar-refractivity contribution is 5.33. The average molecular weight is 289 g/mol. The van der Waals surface area contributed by atoms with Gasteiger partial charge in [0.05, 0.1) is 18.8 Å². The minimum absolute atomic E-state index is 0.332. The molecule has 1 aromatic rings. The van der Waals surface area contributed by atoms with E-state index in [2.05, 4.69) is 0 Å². The monoisotopic (exact) mass is 289 g/mol. The molecule has 0 aromatic heterocycles. The predicted octanol–water partition coefficient (Wildman–Crippen LogP) is 3.87. The van der Waals surface area contributed by atoms with E-state index in [4.69, 9.17) is 4.74 Å². The number of morpholine rings is 1. The quantitative estimate of drug-likeness (QED) is 0.819. The van der Waals surface area contributed by atoms with Gasteiger partial charge in [0.1, 0.15) is 0 Å². The average Bonchev–Trinajstić information content (AvgIpc) is 2.43. The highest BCUT2D eigenvalue weighted by Crippen LogP contribution is 2.33. The van der Waals surface area contributed by atoms with Crippen LogP contribution in [0, 0.1) is 6.92 Å². The van der Waals surface area contributed by atoms with Crippen LogP contribution in [0.1, 0.15) is 30.5 Å². The summed E-state index contributed by atoms with van der Waals surface area (Å²) in [5.41, 5.74) is 0.456. The van der Waals surface area contributed by atoms with Gasteiger partial charge >= 0.3 is 6.18 Å². The number of ether oxygens (including phenoxy) is 1. The smallest absolute Gasteiger partial charge is 0.379 e. The van der Waals surface area contributed by atoms with Crippen molar-refractivity contribution in [1.82, 2.24) is 4.90 Å². The van der Waals surface area contributed by atoms with E-state index in [9.17, 15) is 13.2 Å². The van der Waals surface area contributed by atoms with Crippen molar-refractivity contribution < 1.29 is 17.9 Å². The van der Waals surface area contributed by atoms with Crippen LogP contribution in [0.25, 0.3) is 0 Å². The molecule has 1 aromatic carbocycles. The third-order valence-electron chi connectivity index (χ3n) is 3.07. The fourth-order valence-corrected chi connectivity index (χ4v) is 2.09. The van der Waals surface area contributed by atoms with Crippen LogP contribution in [0.4, 0.5) is 13.2 Å². The van der Waals surface area contributed by atoms with Gasteiger partial charge in [0.15, 0.2) is 0 Å².